The third kappa shape index (κ3) is 4.07. The van der Waals surface area contributed by atoms with Crippen molar-refractivity contribution in [3.63, 3.8) is 0 Å². The summed E-state index contributed by atoms with van der Waals surface area (Å²) in [5, 5.41) is 1.65. The highest BCUT2D eigenvalue weighted by Gasteiger charge is 2.19. The predicted octanol–water partition coefficient (Wildman–Crippen LogP) is 6.02. The Kier molecular flexibility index (Phi) is 6.39. The number of benzene rings is 1. The van der Waals surface area contributed by atoms with E-state index in [9.17, 15) is 18.4 Å². The lowest BCUT2D eigenvalue weighted by molar-refractivity contribution is 0.101. The molecule has 0 spiro atoms. The van der Waals surface area contributed by atoms with Crippen molar-refractivity contribution in [2.24, 2.45) is 0 Å². The highest BCUT2D eigenvalue weighted by atomic mass is 32.1. The first kappa shape index (κ1) is 20.4. The van der Waals surface area contributed by atoms with Crippen LogP contribution in [-0.4, -0.2) is 10.2 Å². The maximum absolute atomic E-state index is 13.9. The first-order chi connectivity index (χ1) is 13.4. The number of hydrogen-bond donors (Lipinski definition) is 0. The zero-order chi connectivity index (χ0) is 20.3. The third-order valence-electron chi connectivity index (χ3n) is 4.90. The molecular formula is C22H23F2NO2S. The second-order valence-electron chi connectivity index (χ2n) is 6.99. The summed E-state index contributed by atoms with van der Waals surface area (Å²) in [5.41, 5.74) is 2.06. The van der Waals surface area contributed by atoms with Gasteiger partial charge in [0.15, 0.2) is 17.4 Å². The standard InChI is InChI=1S/C22H23F2NO2S/c1-3-4-5-6-7-8-15-12-20(27)25-19(14(2)26)13-28-22(25)21(15)16-9-10-17(23)18(24)11-16/h9-13H,3-8H2,1-2H3. The highest BCUT2D eigenvalue weighted by molar-refractivity contribution is 7.16. The zero-order valence-electron chi connectivity index (χ0n) is 16.1. The Morgan fingerprint density at radius 1 is 1.07 bits per heavy atom. The highest BCUT2D eigenvalue weighted by Crippen LogP contribution is 2.33. The molecule has 0 bridgehead atoms. The van der Waals surface area contributed by atoms with Gasteiger partial charge in [0.25, 0.3) is 5.56 Å². The first-order valence-electron chi connectivity index (χ1n) is 9.56. The molecule has 0 aliphatic carbocycles. The van der Waals surface area contributed by atoms with E-state index in [1.165, 1.54) is 41.2 Å². The Hall–Kier alpha value is -2.34. The van der Waals surface area contributed by atoms with Crippen molar-refractivity contribution in [2.75, 3.05) is 0 Å². The Morgan fingerprint density at radius 3 is 2.50 bits per heavy atom. The van der Waals surface area contributed by atoms with E-state index in [0.29, 0.717) is 28.1 Å². The van der Waals surface area contributed by atoms with Gasteiger partial charge in [0.05, 0.1) is 0 Å². The van der Waals surface area contributed by atoms with E-state index in [0.717, 1.165) is 43.4 Å². The summed E-state index contributed by atoms with van der Waals surface area (Å²) in [4.78, 5) is 25.2. The van der Waals surface area contributed by atoms with Crippen molar-refractivity contribution in [1.29, 1.82) is 0 Å². The van der Waals surface area contributed by atoms with Crippen LogP contribution < -0.4 is 5.56 Å². The Bertz CT molecular complexity index is 1070. The van der Waals surface area contributed by atoms with Gasteiger partial charge in [-0.25, -0.2) is 8.78 Å². The van der Waals surface area contributed by atoms with E-state index < -0.39 is 11.6 Å². The molecule has 0 fully saturated rings. The van der Waals surface area contributed by atoms with Crippen LogP contribution in [0, 0.1) is 11.6 Å². The summed E-state index contributed by atoms with van der Waals surface area (Å²) in [5.74, 6) is -2.05. The lowest BCUT2D eigenvalue weighted by atomic mass is 9.97. The summed E-state index contributed by atoms with van der Waals surface area (Å²) < 4.78 is 28.7. The van der Waals surface area contributed by atoms with Crippen molar-refractivity contribution in [2.45, 2.75) is 52.4 Å². The molecule has 28 heavy (non-hydrogen) atoms. The normalized spacial score (nSPS) is 11.3. The van der Waals surface area contributed by atoms with Crippen LogP contribution in [0.25, 0.3) is 16.0 Å². The molecule has 0 amide bonds. The number of thiazole rings is 1. The number of unbranched alkanes of at least 4 members (excludes halogenated alkanes) is 4. The summed E-state index contributed by atoms with van der Waals surface area (Å²) in [6, 6.07) is 5.30. The van der Waals surface area contributed by atoms with Crippen molar-refractivity contribution >= 4 is 22.0 Å². The fourth-order valence-corrected chi connectivity index (χ4v) is 4.61. The molecule has 0 radical (unpaired) electrons. The minimum atomic E-state index is -0.931. The SMILES string of the molecule is CCCCCCCc1cc(=O)n2c(C(C)=O)csc2c1-c1ccc(F)c(F)c1. The second kappa shape index (κ2) is 8.78. The van der Waals surface area contributed by atoms with Gasteiger partial charge >= 0.3 is 0 Å². The van der Waals surface area contributed by atoms with Gasteiger partial charge in [-0.3, -0.25) is 14.0 Å². The molecule has 0 N–H and O–H groups in total. The molecule has 3 nitrogen and oxygen atoms in total. The van der Waals surface area contributed by atoms with Crippen molar-refractivity contribution in [3.05, 3.63) is 62.9 Å². The first-order valence-corrected chi connectivity index (χ1v) is 10.4. The molecule has 3 rings (SSSR count). The lowest BCUT2D eigenvalue weighted by Gasteiger charge is -2.12. The number of pyridine rings is 1. The van der Waals surface area contributed by atoms with Crippen LogP contribution in [0.1, 0.15) is 62.0 Å². The van der Waals surface area contributed by atoms with Crippen molar-refractivity contribution in [3.8, 4) is 11.1 Å². The molecule has 0 saturated carbocycles. The van der Waals surface area contributed by atoms with E-state index in [2.05, 4.69) is 6.92 Å². The summed E-state index contributed by atoms with van der Waals surface area (Å²) in [6.07, 6.45) is 6.09. The predicted molar refractivity (Wildman–Crippen MR) is 109 cm³/mol. The monoisotopic (exact) mass is 403 g/mol. The Morgan fingerprint density at radius 2 is 1.82 bits per heavy atom. The molecule has 0 atom stereocenters. The molecule has 6 heteroatoms. The van der Waals surface area contributed by atoms with Gasteiger partial charge in [0.1, 0.15) is 10.5 Å². The fraction of sp³-hybridized carbons (Fsp3) is 0.364. The van der Waals surface area contributed by atoms with E-state index in [4.69, 9.17) is 0 Å². The van der Waals surface area contributed by atoms with Crippen molar-refractivity contribution < 1.29 is 13.6 Å². The van der Waals surface area contributed by atoms with Gasteiger partial charge in [0.2, 0.25) is 0 Å². The number of fused-ring (bicyclic) bond motifs is 1. The zero-order valence-corrected chi connectivity index (χ0v) is 16.9. The van der Waals surface area contributed by atoms with Gasteiger partial charge in [-0.05, 0) is 36.1 Å². The number of carbonyl (C=O) groups is 1. The summed E-state index contributed by atoms with van der Waals surface area (Å²) in [6.45, 7) is 3.56. The number of carbonyl (C=O) groups excluding carboxylic acids is 1. The lowest BCUT2D eigenvalue weighted by Crippen LogP contribution is -2.17. The van der Waals surface area contributed by atoms with Gasteiger partial charge in [-0.15, -0.1) is 11.3 Å². The summed E-state index contributed by atoms with van der Waals surface area (Å²) >= 11 is 1.28. The quantitative estimate of drug-likeness (QED) is 0.341. The minimum absolute atomic E-state index is 0.211. The summed E-state index contributed by atoms with van der Waals surface area (Å²) in [7, 11) is 0. The third-order valence-corrected chi connectivity index (χ3v) is 5.85. The van der Waals surface area contributed by atoms with Crippen LogP contribution in [0.15, 0.2) is 34.4 Å². The second-order valence-corrected chi connectivity index (χ2v) is 7.85. The number of nitrogens with zero attached hydrogens (tertiary/aromatic N) is 1. The van der Waals surface area contributed by atoms with Crippen LogP contribution in [0.4, 0.5) is 8.78 Å². The molecule has 148 valence electrons. The Balaban J connectivity index is 2.14. The van der Waals surface area contributed by atoms with Gasteiger partial charge in [-0.1, -0.05) is 38.7 Å². The maximum atomic E-state index is 13.9. The van der Waals surface area contributed by atoms with Crippen LogP contribution in [0.5, 0.6) is 0 Å². The molecule has 3 aromatic rings. The average molecular weight is 403 g/mol. The van der Waals surface area contributed by atoms with Crippen LogP contribution in [-0.2, 0) is 6.42 Å². The van der Waals surface area contributed by atoms with Gasteiger partial charge in [0, 0.05) is 23.9 Å². The molecule has 2 heterocycles. The number of aromatic nitrogens is 1. The van der Waals surface area contributed by atoms with E-state index in [1.807, 2.05) is 0 Å². The van der Waals surface area contributed by atoms with Crippen LogP contribution in [0.3, 0.4) is 0 Å². The Labute approximate surface area is 166 Å². The van der Waals surface area contributed by atoms with E-state index in [-0.39, 0.29) is 11.3 Å². The molecule has 2 aromatic heterocycles. The van der Waals surface area contributed by atoms with Crippen molar-refractivity contribution in [1.82, 2.24) is 4.40 Å². The molecular weight excluding hydrogens is 380 g/mol. The molecule has 0 aliphatic heterocycles. The smallest absolute Gasteiger partial charge is 0.256 e. The number of hydrogen-bond acceptors (Lipinski definition) is 3. The average Bonchev–Trinajstić information content (AvgIpc) is 3.10. The number of ketones is 1. The number of Topliss-reactive ketones (excluding diaryl/α,β-unsaturated/α-hetero) is 1. The van der Waals surface area contributed by atoms with Gasteiger partial charge in [-0.2, -0.15) is 0 Å². The fourth-order valence-electron chi connectivity index (χ4n) is 3.46. The maximum Gasteiger partial charge on any atom is 0.256 e. The van der Waals surface area contributed by atoms with E-state index in [1.54, 1.807) is 5.38 Å². The number of halogens is 2. The number of rotatable bonds is 8. The minimum Gasteiger partial charge on any atom is -0.293 e. The number of aryl methyl sites for hydroxylation is 1. The van der Waals surface area contributed by atoms with Gasteiger partial charge < -0.3 is 0 Å². The molecule has 0 aliphatic rings. The van der Waals surface area contributed by atoms with Crippen LogP contribution in [0.2, 0.25) is 0 Å². The molecule has 0 unspecified atom stereocenters. The molecule has 0 saturated heterocycles. The van der Waals surface area contributed by atoms with Crippen LogP contribution >= 0.6 is 11.3 Å². The topological polar surface area (TPSA) is 38.5 Å². The molecule has 1 aromatic carbocycles. The van der Waals surface area contributed by atoms with E-state index >= 15 is 0 Å². The largest absolute Gasteiger partial charge is 0.293 e.